The van der Waals surface area contributed by atoms with E-state index in [1.165, 1.54) is 11.0 Å². The highest BCUT2D eigenvalue weighted by Gasteiger charge is 2.52. The first-order valence-electron chi connectivity index (χ1n) is 11.0. The molecule has 1 aromatic carbocycles. The third-order valence-electron chi connectivity index (χ3n) is 6.64. The van der Waals surface area contributed by atoms with Crippen molar-refractivity contribution in [1.82, 2.24) is 20.0 Å². The molecule has 0 aromatic heterocycles. The Bertz CT molecular complexity index is 846. The van der Waals surface area contributed by atoms with Crippen LogP contribution in [0.2, 0.25) is 5.02 Å². The Morgan fingerprint density at radius 2 is 1.84 bits per heavy atom. The molecule has 168 valence electrons. The van der Waals surface area contributed by atoms with Gasteiger partial charge in [-0.05, 0) is 31.4 Å². The minimum Gasteiger partial charge on any atom is -0.340 e. The van der Waals surface area contributed by atoms with Crippen molar-refractivity contribution in [3.63, 3.8) is 0 Å². The highest BCUT2D eigenvalue weighted by Crippen LogP contribution is 2.35. The number of benzene rings is 1. The fraction of sp³-hybridized carbons (Fsp3) is 0.591. The SMILES string of the molecule is O=C(CCCN1C(=O)NC2(CCCC2)C1=O)N1CCN(Cc2c(F)cccc2Cl)CC1. The molecule has 0 bridgehead atoms. The molecule has 1 spiro atoms. The van der Waals surface area contributed by atoms with Crippen LogP contribution in [0.3, 0.4) is 0 Å². The summed E-state index contributed by atoms with van der Waals surface area (Å²) in [5.74, 6) is -0.431. The average Bonchev–Trinajstić information content (AvgIpc) is 3.31. The molecule has 3 aliphatic rings. The molecule has 0 unspecified atom stereocenters. The fourth-order valence-corrected chi connectivity index (χ4v) is 5.03. The van der Waals surface area contributed by atoms with Gasteiger partial charge in [0.25, 0.3) is 5.91 Å². The third kappa shape index (κ3) is 4.55. The van der Waals surface area contributed by atoms with Crippen LogP contribution < -0.4 is 5.32 Å². The van der Waals surface area contributed by atoms with Crippen LogP contribution in [0.5, 0.6) is 0 Å². The van der Waals surface area contributed by atoms with E-state index < -0.39 is 5.54 Å². The third-order valence-corrected chi connectivity index (χ3v) is 7.00. The van der Waals surface area contributed by atoms with Crippen LogP contribution in [0, 0.1) is 5.82 Å². The number of carbonyl (C=O) groups is 3. The van der Waals surface area contributed by atoms with Gasteiger partial charge in [-0.2, -0.15) is 0 Å². The van der Waals surface area contributed by atoms with E-state index in [1.807, 2.05) is 0 Å². The van der Waals surface area contributed by atoms with E-state index in [2.05, 4.69) is 10.2 Å². The van der Waals surface area contributed by atoms with Gasteiger partial charge in [0, 0.05) is 56.3 Å². The minimum atomic E-state index is -0.696. The molecular formula is C22H28ClFN4O3. The Labute approximate surface area is 186 Å². The number of halogens is 2. The summed E-state index contributed by atoms with van der Waals surface area (Å²) in [4.78, 5) is 42.6. The van der Waals surface area contributed by atoms with E-state index in [4.69, 9.17) is 11.6 Å². The van der Waals surface area contributed by atoms with E-state index in [9.17, 15) is 18.8 Å². The predicted octanol–water partition coefficient (Wildman–Crippen LogP) is 2.77. The summed E-state index contributed by atoms with van der Waals surface area (Å²) in [7, 11) is 0. The molecule has 4 amide bonds. The first-order valence-corrected chi connectivity index (χ1v) is 11.3. The number of nitrogens with zero attached hydrogens (tertiary/aromatic N) is 3. The molecule has 3 fully saturated rings. The molecule has 9 heteroatoms. The monoisotopic (exact) mass is 450 g/mol. The van der Waals surface area contributed by atoms with Crippen LogP contribution in [0.15, 0.2) is 18.2 Å². The second-order valence-electron chi connectivity index (χ2n) is 8.64. The van der Waals surface area contributed by atoms with Crippen LogP contribution >= 0.6 is 11.6 Å². The molecule has 7 nitrogen and oxygen atoms in total. The number of rotatable bonds is 6. The Morgan fingerprint density at radius 3 is 2.52 bits per heavy atom. The standard InChI is InChI=1S/C22H28ClFN4O3/c23-17-5-3-6-18(24)16(17)15-26-11-13-27(14-12-26)19(29)7-4-10-28-20(30)22(25-21(28)31)8-1-2-9-22/h3,5-6H,1-2,4,7-15H2,(H,25,31). The molecule has 1 N–H and O–H groups in total. The maximum Gasteiger partial charge on any atom is 0.325 e. The van der Waals surface area contributed by atoms with Gasteiger partial charge in [-0.1, -0.05) is 30.5 Å². The van der Waals surface area contributed by atoms with Crippen molar-refractivity contribution in [2.45, 2.75) is 50.6 Å². The van der Waals surface area contributed by atoms with Gasteiger partial charge < -0.3 is 10.2 Å². The Kier molecular flexibility index (Phi) is 6.48. The molecule has 31 heavy (non-hydrogen) atoms. The van der Waals surface area contributed by atoms with Crippen LogP contribution in [0.25, 0.3) is 0 Å². The van der Waals surface area contributed by atoms with Gasteiger partial charge >= 0.3 is 6.03 Å². The van der Waals surface area contributed by atoms with Crippen molar-refractivity contribution in [1.29, 1.82) is 0 Å². The molecule has 0 radical (unpaired) electrons. The smallest absolute Gasteiger partial charge is 0.325 e. The van der Waals surface area contributed by atoms with Crippen LogP contribution in [0.4, 0.5) is 9.18 Å². The highest BCUT2D eigenvalue weighted by atomic mass is 35.5. The zero-order valence-corrected chi connectivity index (χ0v) is 18.3. The van der Waals surface area contributed by atoms with Crippen molar-refractivity contribution in [2.24, 2.45) is 0 Å². The molecule has 4 rings (SSSR count). The van der Waals surface area contributed by atoms with Crippen molar-refractivity contribution < 1.29 is 18.8 Å². The maximum atomic E-state index is 14.0. The first kappa shape index (κ1) is 22.0. The number of piperazine rings is 1. The van der Waals surface area contributed by atoms with Crippen molar-refractivity contribution in [3.05, 3.63) is 34.6 Å². The van der Waals surface area contributed by atoms with Crippen LogP contribution in [-0.2, 0) is 16.1 Å². The Hall–Kier alpha value is -2.19. The summed E-state index contributed by atoms with van der Waals surface area (Å²) in [6.07, 6.45) is 4.06. The zero-order chi connectivity index (χ0) is 22.0. The topological polar surface area (TPSA) is 73.0 Å². The normalized spacial score (nSPS) is 21.2. The van der Waals surface area contributed by atoms with Gasteiger partial charge in [-0.25, -0.2) is 9.18 Å². The maximum absolute atomic E-state index is 14.0. The number of imide groups is 1. The Morgan fingerprint density at radius 1 is 1.13 bits per heavy atom. The van der Waals surface area contributed by atoms with Crippen molar-refractivity contribution in [2.75, 3.05) is 32.7 Å². The van der Waals surface area contributed by atoms with E-state index in [1.54, 1.807) is 17.0 Å². The average molecular weight is 451 g/mol. The number of hydrogen-bond acceptors (Lipinski definition) is 4. The molecule has 1 saturated carbocycles. The molecule has 2 saturated heterocycles. The number of carbonyl (C=O) groups excluding carboxylic acids is 3. The summed E-state index contributed by atoms with van der Waals surface area (Å²) in [6.45, 7) is 3.11. The van der Waals surface area contributed by atoms with E-state index in [0.717, 1.165) is 12.8 Å². The lowest BCUT2D eigenvalue weighted by Gasteiger charge is -2.35. The summed E-state index contributed by atoms with van der Waals surface area (Å²) in [5.41, 5.74) is -0.212. The molecule has 2 heterocycles. The molecule has 1 aliphatic carbocycles. The van der Waals surface area contributed by atoms with Gasteiger partial charge in [0.05, 0.1) is 0 Å². The number of amides is 4. The number of nitrogens with one attached hydrogen (secondary N) is 1. The first-order chi connectivity index (χ1) is 14.9. The largest absolute Gasteiger partial charge is 0.340 e. The summed E-state index contributed by atoms with van der Waals surface area (Å²) in [5, 5.41) is 3.28. The second-order valence-corrected chi connectivity index (χ2v) is 9.04. The molecule has 2 aliphatic heterocycles. The van der Waals surface area contributed by atoms with Crippen molar-refractivity contribution in [3.8, 4) is 0 Å². The van der Waals surface area contributed by atoms with Crippen molar-refractivity contribution >= 4 is 29.4 Å². The van der Waals surface area contributed by atoms with Gasteiger partial charge in [0.1, 0.15) is 11.4 Å². The second kappa shape index (κ2) is 9.12. The Balaban J connectivity index is 1.21. The lowest BCUT2D eigenvalue weighted by Crippen LogP contribution is -2.48. The lowest BCUT2D eigenvalue weighted by atomic mass is 9.98. The molecular weight excluding hydrogens is 423 g/mol. The highest BCUT2D eigenvalue weighted by molar-refractivity contribution is 6.31. The number of hydrogen-bond donors (Lipinski definition) is 1. The minimum absolute atomic E-state index is 0.0196. The predicted molar refractivity (Wildman–Crippen MR) is 114 cm³/mol. The number of urea groups is 1. The lowest BCUT2D eigenvalue weighted by molar-refractivity contribution is -0.134. The van der Waals surface area contributed by atoms with Gasteiger partial charge in [0.15, 0.2) is 0 Å². The summed E-state index contributed by atoms with van der Waals surface area (Å²) < 4.78 is 14.0. The van der Waals surface area contributed by atoms with Gasteiger partial charge in [-0.15, -0.1) is 0 Å². The zero-order valence-electron chi connectivity index (χ0n) is 17.5. The van der Waals surface area contributed by atoms with E-state index in [0.29, 0.717) is 69.0 Å². The quantitative estimate of drug-likeness (QED) is 0.676. The summed E-state index contributed by atoms with van der Waals surface area (Å²) in [6, 6.07) is 4.34. The van der Waals surface area contributed by atoms with E-state index in [-0.39, 0.29) is 30.2 Å². The summed E-state index contributed by atoms with van der Waals surface area (Å²) >= 11 is 6.11. The molecule has 1 aromatic rings. The van der Waals surface area contributed by atoms with Gasteiger partial charge in [-0.3, -0.25) is 19.4 Å². The molecule has 0 atom stereocenters. The van der Waals surface area contributed by atoms with Crippen LogP contribution in [0.1, 0.15) is 44.1 Å². The van der Waals surface area contributed by atoms with E-state index >= 15 is 0 Å². The van der Waals surface area contributed by atoms with Crippen LogP contribution in [-0.4, -0.2) is 70.8 Å². The fourth-order valence-electron chi connectivity index (χ4n) is 4.81. The van der Waals surface area contributed by atoms with Gasteiger partial charge in [0.2, 0.25) is 5.91 Å².